The van der Waals surface area contributed by atoms with Gasteiger partial charge in [0.25, 0.3) is 0 Å². The average molecular weight is 331 g/mol. The number of rotatable bonds is 3. The maximum atomic E-state index is 11.3. The van der Waals surface area contributed by atoms with Crippen molar-refractivity contribution in [1.29, 1.82) is 0 Å². The van der Waals surface area contributed by atoms with Gasteiger partial charge in [0.1, 0.15) is 0 Å². The van der Waals surface area contributed by atoms with Gasteiger partial charge in [-0.2, -0.15) is 0 Å². The zero-order chi connectivity index (χ0) is 17.4. The van der Waals surface area contributed by atoms with E-state index in [0.29, 0.717) is 0 Å². The van der Waals surface area contributed by atoms with Gasteiger partial charge in [-0.3, -0.25) is 10.1 Å². The Labute approximate surface area is 145 Å². The molecule has 25 heavy (non-hydrogen) atoms. The minimum absolute atomic E-state index is 0.148. The summed E-state index contributed by atoms with van der Waals surface area (Å²) in [5, 5.41) is 12.4. The third kappa shape index (κ3) is 2.74. The lowest BCUT2D eigenvalue weighted by atomic mass is 9.85. The number of anilines is 1. The van der Waals surface area contributed by atoms with E-state index in [9.17, 15) is 10.1 Å². The van der Waals surface area contributed by atoms with E-state index in [-0.39, 0.29) is 17.4 Å². The molecule has 1 atom stereocenters. The van der Waals surface area contributed by atoms with Crippen molar-refractivity contribution in [2.45, 2.75) is 5.92 Å². The van der Waals surface area contributed by atoms with Crippen LogP contribution in [0.4, 0.5) is 5.69 Å². The van der Waals surface area contributed by atoms with E-state index in [0.717, 1.165) is 33.4 Å². The lowest BCUT2D eigenvalue weighted by Gasteiger charge is -2.30. The molecule has 2 aromatic carbocycles. The fraction of sp³-hybridized carbons (Fsp3) is 0.150. The Kier molecular flexibility index (Phi) is 3.69. The van der Waals surface area contributed by atoms with Gasteiger partial charge in [-0.15, -0.1) is 0 Å². The zero-order valence-corrected chi connectivity index (χ0v) is 13.8. The molecule has 1 aromatic heterocycles. The third-order valence-corrected chi connectivity index (χ3v) is 4.63. The van der Waals surface area contributed by atoms with Gasteiger partial charge in [-0.25, -0.2) is 4.98 Å². The van der Waals surface area contributed by atoms with E-state index >= 15 is 0 Å². The number of fused-ring (bicyclic) bond motifs is 2. The quantitative estimate of drug-likeness (QED) is 0.536. The Morgan fingerprint density at radius 2 is 1.84 bits per heavy atom. The van der Waals surface area contributed by atoms with Crippen molar-refractivity contribution in [1.82, 2.24) is 4.98 Å². The molecule has 0 N–H and O–H groups in total. The molecule has 0 amide bonds. The number of nitro groups is 1. The molecule has 0 radical (unpaired) electrons. The van der Waals surface area contributed by atoms with Crippen LogP contribution in [0.3, 0.4) is 0 Å². The normalized spacial score (nSPS) is 16.4. The van der Waals surface area contributed by atoms with Crippen molar-refractivity contribution in [3.05, 3.63) is 88.2 Å². The maximum absolute atomic E-state index is 11.3. The van der Waals surface area contributed by atoms with Gasteiger partial charge in [0, 0.05) is 34.8 Å². The minimum atomic E-state index is -0.309. The smallest absolute Gasteiger partial charge is 0.214 e. The fourth-order valence-corrected chi connectivity index (χ4v) is 3.46. The molecular formula is C20H17N3O2. The van der Waals surface area contributed by atoms with Crippen molar-refractivity contribution >= 4 is 22.2 Å². The van der Waals surface area contributed by atoms with Crippen LogP contribution in [0.25, 0.3) is 16.5 Å². The number of hydrogen-bond acceptors (Lipinski definition) is 4. The van der Waals surface area contributed by atoms with Gasteiger partial charge in [0.2, 0.25) is 6.54 Å². The first-order valence-corrected chi connectivity index (χ1v) is 8.15. The molecule has 0 fully saturated rings. The summed E-state index contributed by atoms with van der Waals surface area (Å²) in [7, 11) is 1.96. The predicted molar refractivity (Wildman–Crippen MR) is 99.2 cm³/mol. The van der Waals surface area contributed by atoms with Gasteiger partial charge >= 0.3 is 0 Å². The van der Waals surface area contributed by atoms with Gasteiger partial charge in [0.15, 0.2) is 0 Å². The lowest BCUT2D eigenvalue weighted by Crippen LogP contribution is -2.24. The molecular weight excluding hydrogens is 314 g/mol. The number of pyridine rings is 1. The van der Waals surface area contributed by atoms with Gasteiger partial charge in [-0.1, -0.05) is 42.5 Å². The first kappa shape index (κ1) is 15.3. The van der Waals surface area contributed by atoms with Crippen molar-refractivity contribution in [3.63, 3.8) is 0 Å². The van der Waals surface area contributed by atoms with Gasteiger partial charge < -0.3 is 4.90 Å². The average Bonchev–Trinajstić information content (AvgIpc) is 2.63. The van der Waals surface area contributed by atoms with Crippen LogP contribution in [-0.2, 0) is 0 Å². The Bertz CT molecular complexity index is 997. The van der Waals surface area contributed by atoms with Crippen molar-refractivity contribution in [2.75, 3.05) is 18.5 Å². The second-order valence-corrected chi connectivity index (χ2v) is 6.21. The molecule has 1 aliphatic rings. The highest BCUT2D eigenvalue weighted by Crippen LogP contribution is 2.41. The molecule has 124 valence electrons. The molecule has 1 aliphatic heterocycles. The Morgan fingerprint density at radius 1 is 1.08 bits per heavy atom. The number of para-hydroxylation sites is 2. The van der Waals surface area contributed by atoms with Gasteiger partial charge in [-0.05, 0) is 23.8 Å². The molecule has 3 aromatic rings. The number of aromatic nitrogens is 1. The lowest BCUT2D eigenvalue weighted by molar-refractivity contribution is -0.481. The fourth-order valence-electron chi connectivity index (χ4n) is 3.46. The molecule has 0 saturated heterocycles. The molecule has 5 heteroatoms. The van der Waals surface area contributed by atoms with E-state index in [1.807, 2.05) is 78.8 Å². The molecule has 4 rings (SSSR count). The summed E-state index contributed by atoms with van der Waals surface area (Å²) in [4.78, 5) is 17.8. The Morgan fingerprint density at radius 3 is 2.68 bits per heavy atom. The highest BCUT2D eigenvalue weighted by Gasteiger charge is 2.31. The summed E-state index contributed by atoms with van der Waals surface area (Å²) in [5.41, 5.74) is 4.52. The van der Waals surface area contributed by atoms with Crippen LogP contribution in [0.1, 0.15) is 17.2 Å². The largest absolute Gasteiger partial charge is 0.350 e. The maximum Gasteiger partial charge on any atom is 0.214 e. The van der Waals surface area contributed by atoms with Crippen molar-refractivity contribution in [2.24, 2.45) is 0 Å². The van der Waals surface area contributed by atoms with E-state index in [2.05, 4.69) is 0 Å². The van der Waals surface area contributed by atoms with E-state index in [4.69, 9.17) is 4.98 Å². The van der Waals surface area contributed by atoms with Crippen LogP contribution in [0.15, 0.2) is 66.9 Å². The van der Waals surface area contributed by atoms with Crippen molar-refractivity contribution < 1.29 is 4.92 Å². The second kappa shape index (κ2) is 6.02. The molecule has 0 bridgehead atoms. The SMILES string of the molecule is CN1C=C(c2ccc3ccccc3n2)[C@H](C[N+](=O)[O-])c2ccccc21. The third-order valence-electron chi connectivity index (χ3n) is 4.63. The van der Waals surface area contributed by atoms with Crippen LogP contribution < -0.4 is 4.90 Å². The molecule has 5 nitrogen and oxygen atoms in total. The molecule has 2 heterocycles. The Balaban J connectivity index is 1.86. The van der Waals surface area contributed by atoms with Crippen LogP contribution in [0.2, 0.25) is 0 Å². The Hall–Kier alpha value is -3.21. The first-order valence-electron chi connectivity index (χ1n) is 8.15. The summed E-state index contributed by atoms with van der Waals surface area (Å²) >= 11 is 0. The van der Waals surface area contributed by atoms with E-state index in [1.165, 1.54) is 0 Å². The summed E-state index contributed by atoms with van der Waals surface area (Å²) < 4.78 is 0. The van der Waals surface area contributed by atoms with Crippen LogP contribution in [0.5, 0.6) is 0 Å². The van der Waals surface area contributed by atoms with Crippen LogP contribution in [0, 0.1) is 10.1 Å². The topological polar surface area (TPSA) is 59.3 Å². The van der Waals surface area contributed by atoms with E-state index < -0.39 is 0 Å². The molecule has 0 unspecified atom stereocenters. The van der Waals surface area contributed by atoms with Gasteiger partial charge in [0.05, 0.1) is 17.1 Å². The first-order chi connectivity index (χ1) is 12.1. The highest BCUT2D eigenvalue weighted by molar-refractivity contribution is 5.84. The monoisotopic (exact) mass is 331 g/mol. The highest BCUT2D eigenvalue weighted by atomic mass is 16.6. The number of nitrogens with zero attached hydrogens (tertiary/aromatic N) is 3. The van der Waals surface area contributed by atoms with Crippen LogP contribution in [-0.4, -0.2) is 23.5 Å². The predicted octanol–water partition coefficient (Wildman–Crippen LogP) is 4.09. The standard InChI is InChI=1S/C20H17N3O2/c1-22-12-17(19-11-10-14-6-2-4-8-18(14)21-19)16(13-23(24)25)15-7-3-5-9-20(15)22/h2-12,16H,13H2,1H3/t16-/m1/s1. The summed E-state index contributed by atoms with van der Waals surface area (Å²) in [6.45, 7) is -0.148. The summed E-state index contributed by atoms with van der Waals surface area (Å²) in [6, 6.07) is 19.7. The number of hydrogen-bond donors (Lipinski definition) is 0. The molecule has 0 aliphatic carbocycles. The molecule has 0 saturated carbocycles. The summed E-state index contributed by atoms with van der Waals surface area (Å²) in [5.74, 6) is -0.309. The van der Waals surface area contributed by atoms with Crippen molar-refractivity contribution in [3.8, 4) is 0 Å². The number of benzene rings is 2. The minimum Gasteiger partial charge on any atom is -0.350 e. The van der Waals surface area contributed by atoms with E-state index in [1.54, 1.807) is 0 Å². The van der Waals surface area contributed by atoms with Crippen LogP contribution >= 0.6 is 0 Å². The second-order valence-electron chi connectivity index (χ2n) is 6.21. The summed E-state index contributed by atoms with van der Waals surface area (Å²) in [6.07, 6.45) is 1.97. The molecule has 0 spiro atoms. The zero-order valence-electron chi connectivity index (χ0n) is 13.8.